The van der Waals surface area contributed by atoms with Crippen molar-refractivity contribution in [3.8, 4) is 16.9 Å². The summed E-state index contributed by atoms with van der Waals surface area (Å²) >= 11 is 0. The van der Waals surface area contributed by atoms with Gasteiger partial charge in [0.25, 0.3) is 11.8 Å². The van der Waals surface area contributed by atoms with E-state index in [1.807, 2.05) is 36.4 Å². The van der Waals surface area contributed by atoms with Crippen LogP contribution in [0.2, 0.25) is 0 Å². The molecule has 0 spiro atoms. The summed E-state index contributed by atoms with van der Waals surface area (Å²) in [4.78, 5) is 43.7. The number of benzene rings is 3. The maximum absolute atomic E-state index is 13.0. The number of esters is 1. The SMILES string of the molecule is CCOC(=O)COc1ccc(Cc2nc(NC(=O)c3cccc(-c4ccccc4)c3)c(C(N)=O)[nH]2)cc1. The molecule has 0 bridgehead atoms. The summed E-state index contributed by atoms with van der Waals surface area (Å²) in [7, 11) is 0. The molecule has 37 heavy (non-hydrogen) atoms. The molecule has 9 heteroatoms. The van der Waals surface area contributed by atoms with Crippen LogP contribution in [-0.2, 0) is 16.0 Å². The first-order chi connectivity index (χ1) is 17.9. The van der Waals surface area contributed by atoms with E-state index in [-0.39, 0.29) is 18.1 Å². The number of hydrogen-bond donors (Lipinski definition) is 3. The lowest BCUT2D eigenvalue weighted by atomic mass is 10.0. The molecule has 0 aliphatic heterocycles. The van der Waals surface area contributed by atoms with E-state index in [0.29, 0.717) is 30.2 Å². The van der Waals surface area contributed by atoms with E-state index < -0.39 is 17.8 Å². The maximum atomic E-state index is 13.0. The van der Waals surface area contributed by atoms with Gasteiger partial charge in [-0.05, 0) is 47.9 Å². The molecule has 2 amide bonds. The van der Waals surface area contributed by atoms with Gasteiger partial charge in [0, 0.05) is 12.0 Å². The van der Waals surface area contributed by atoms with E-state index in [1.165, 1.54) is 0 Å². The number of primary amides is 1. The Bertz CT molecular complexity index is 1400. The van der Waals surface area contributed by atoms with E-state index in [0.717, 1.165) is 16.7 Å². The Labute approximate surface area is 213 Å². The minimum absolute atomic E-state index is 0.0111. The third-order valence-electron chi connectivity index (χ3n) is 5.42. The highest BCUT2D eigenvalue weighted by molar-refractivity contribution is 6.07. The van der Waals surface area contributed by atoms with Crippen LogP contribution in [0.5, 0.6) is 5.75 Å². The number of rotatable bonds is 10. The van der Waals surface area contributed by atoms with Crippen LogP contribution in [-0.4, -0.2) is 41.0 Å². The van der Waals surface area contributed by atoms with Crippen molar-refractivity contribution in [2.24, 2.45) is 5.73 Å². The van der Waals surface area contributed by atoms with E-state index in [1.54, 1.807) is 49.4 Å². The summed E-state index contributed by atoms with van der Waals surface area (Å²) in [6, 6.07) is 23.9. The van der Waals surface area contributed by atoms with Crippen LogP contribution in [0.4, 0.5) is 5.82 Å². The molecular formula is C28H26N4O5. The molecule has 3 aromatic carbocycles. The summed E-state index contributed by atoms with van der Waals surface area (Å²) in [5.41, 5.74) is 8.68. The molecule has 0 saturated heterocycles. The van der Waals surface area contributed by atoms with Crippen LogP contribution < -0.4 is 15.8 Å². The number of carbonyl (C=O) groups is 3. The molecule has 4 aromatic rings. The number of hydrogen-bond acceptors (Lipinski definition) is 6. The molecule has 0 atom stereocenters. The van der Waals surface area contributed by atoms with Crippen LogP contribution in [0.15, 0.2) is 78.9 Å². The number of nitrogens with zero attached hydrogens (tertiary/aromatic N) is 1. The van der Waals surface area contributed by atoms with Crippen LogP contribution in [0, 0.1) is 0 Å². The summed E-state index contributed by atoms with van der Waals surface area (Å²) in [5.74, 6) is -0.576. The Morgan fingerprint density at radius 3 is 2.38 bits per heavy atom. The number of imidazole rings is 1. The van der Waals surface area contributed by atoms with Gasteiger partial charge in [0.05, 0.1) is 6.61 Å². The van der Waals surface area contributed by atoms with Crippen molar-refractivity contribution in [1.29, 1.82) is 0 Å². The fourth-order valence-corrected chi connectivity index (χ4v) is 3.67. The van der Waals surface area contributed by atoms with Crippen LogP contribution in [0.3, 0.4) is 0 Å². The fraction of sp³-hybridized carbons (Fsp3) is 0.143. The van der Waals surface area contributed by atoms with E-state index in [4.69, 9.17) is 15.2 Å². The van der Waals surface area contributed by atoms with E-state index >= 15 is 0 Å². The molecule has 1 aromatic heterocycles. The highest BCUT2D eigenvalue weighted by Gasteiger charge is 2.18. The maximum Gasteiger partial charge on any atom is 0.344 e. The number of aromatic amines is 1. The zero-order valence-electron chi connectivity index (χ0n) is 20.2. The van der Waals surface area contributed by atoms with Crippen molar-refractivity contribution >= 4 is 23.6 Å². The number of nitrogens with one attached hydrogen (secondary N) is 2. The van der Waals surface area contributed by atoms with Gasteiger partial charge in [-0.3, -0.25) is 9.59 Å². The lowest BCUT2D eigenvalue weighted by molar-refractivity contribution is -0.145. The quantitative estimate of drug-likeness (QED) is 0.283. The Hall–Kier alpha value is -4.92. The lowest BCUT2D eigenvalue weighted by Crippen LogP contribution is -2.18. The Balaban J connectivity index is 1.45. The summed E-state index contributed by atoms with van der Waals surface area (Å²) in [6.07, 6.45) is 0.345. The van der Waals surface area contributed by atoms with Crippen molar-refractivity contribution in [3.63, 3.8) is 0 Å². The van der Waals surface area contributed by atoms with Gasteiger partial charge in [0.1, 0.15) is 17.3 Å². The number of amides is 2. The number of carbonyl (C=O) groups excluding carboxylic acids is 3. The first kappa shape index (κ1) is 25.2. The molecule has 0 unspecified atom stereocenters. The number of ether oxygens (including phenoxy) is 2. The monoisotopic (exact) mass is 498 g/mol. The lowest BCUT2D eigenvalue weighted by Gasteiger charge is -2.07. The first-order valence-corrected chi connectivity index (χ1v) is 11.7. The second-order valence-corrected chi connectivity index (χ2v) is 8.09. The standard InChI is InChI=1S/C28H26N4O5/c1-2-36-24(33)17-37-22-13-11-18(12-14-22)15-23-30-25(26(29)34)27(31-23)32-28(35)21-10-6-9-20(16-21)19-7-4-3-5-8-19/h3-14,16H,2,15,17H2,1H3,(H2,29,34)(H,30,31)(H,32,35). The Morgan fingerprint density at radius 1 is 0.946 bits per heavy atom. The average molecular weight is 499 g/mol. The second kappa shape index (κ2) is 11.7. The number of nitrogens with two attached hydrogens (primary N) is 1. The average Bonchev–Trinajstić information content (AvgIpc) is 3.31. The molecule has 4 rings (SSSR count). The number of aromatic nitrogens is 2. The first-order valence-electron chi connectivity index (χ1n) is 11.7. The second-order valence-electron chi connectivity index (χ2n) is 8.09. The summed E-state index contributed by atoms with van der Waals surface area (Å²) < 4.78 is 10.2. The zero-order chi connectivity index (χ0) is 26.2. The van der Waals surface area contributed by atoms with Gasteiger partial charge in [-0.1, -0.05) is 54.6 Å². The topological polar surface area (TPSA) is 136 Å². The predicted octanol–water partition coefficient (Wildman–Crippen LogP) is 3.96. The molecule has 9 nitrogen and oxygen atoms in total. The van der Waals surface area contributed by atoms with Crippen molar-refractivity contribution in [1.82, 2.24) is 9.97 Å². The Kier molecular flexibility index (Phi) is 7.95. The van der Waals surface area contributed by atoms with Gasteiger partial charge < -0.3 is 25.5 Å². The number of anilines is 1. The highest BCUT2D eigenvalue weighted by atomic mass is 16.6. The Morgan fingerprint density at radius 2 is 1.68 bits per heavy atom. The molecule has 0 aliphatic rings. The van der Waals surface area contributed by atoms with E-state index in [2.05, 4.69) is 15.3 Å². The molecule has 0 saturated carbocycles. The van der Waals surface area contributed by atoms with Crippen LogP contribution in [0.1, 0.15) is 39.2 Å². The van der Waals surface area contributed by atoms with Crippen molar-refractivity contribution in [2.75, 3.05) is 18.5 Å². The summed E-state index contributed by atoms with van der Waals surface area (Å²) in [5, 5.41) is 2.69. The molecule has 0 radical (unpaired) electrons. The minimum Gasteiger partial charge on any atom is -0.482 e. The minimum atomic E-state index is -0.741. The van der Waals surface area contributed by atoms with Gasteiger partial charge >= 0.3 is 5.97 Å². The molecular weight excluding hydrogens is 472 g/mol. The molecule has 0 fully saturated rings. The smallest absolute Gasteiger partial charge is 0.344 e. The molecule has 1 heterocycles. The third kappa shape index (κ3) is 6.61. The zero-order valence-corrected chi connectivity index (χ0v) is 20.2. The van der Waals surface area contributed by atoms with Gasteiger partial charge in [-0.2, -0.15) is 0 Å². The highest BCUT2D eigenvalue weighted by Crippen LogP contribution is 2.22. The molecule has 0 aliphatic carbocycles. The fourth-order valence-electron chi connectivity index (χ4n) is 3.67. The molecule has 188 valence electrons. The van der Waals surface area contributed by atoms with Gasteiger partial charge in [0.15, 0.2) is 12.4 Å². The largest absolute Gasteiger partial charge is 0.482 e. The van der Waals surface area contributed by atoms with Crippen LogP contribution >= 0.6 is 0 Å². The van der Waals surface area contributed by atoms with Crippen molar-refractivity contribution in [2.45, 2.75) is 13.3 Å². The van der Waals surface area contributed by atoms with Crippen LogP contribution in [0.25, 0.3) is 11.1 Å². The predicted molar refractivity (Wildman–Crippen MR) is 138 cm³/mol. The van der Waals surface area contributed by atoms with Gasteiger partial charge in [-0.15, -0.1) is 0 Å². The molecule has 4 N–H and O–H groups in total. The van der Waals surface area contributed by atoms with Crippen molar-refractivity contribution < 1.29 is 23.9 Å². The van der Waals surface area contributed by atoms with Gasteiger partial charge in [-0.25, -0.2) is 9.78 Å². The third-order valence-corrected chi connectivity index (χ3v) is 5.42. The number of H-pyrrole nitrogens is 1. The van der Waals surface area contributed by atoms with Gasteiger partial charge in [0.2, 0.25) is 0 Å². The normalized spacial score (nSPS) is 10.5. The summed E-state index contributed by atoms with van der Waals surface area (Å²) in [6.45, 7) is 1.84. The van der Waals surface area contributed by atoms with E-state index in [9.17, 15) is 14.4 Å². The van der Waals surface area contributed by atoms with Crippen molar-refractivity contribution in [3.05, 3.63) is 102 Å².